The molecule has 0 amide bonds. The first-order chi connectivity index (χ1) is 9.78. The van der Waals surface area contributed by atoms with Crippen molar-refractivity contribution in [3.63, 3.8) is 0 Å². The Balaban J connectivity index is 2.09. The van der Waals surface area contributed by atoms with Gasteiger partial charge in [-0.15, -0.1) is 0 Å². The van der Waals surface area contributed by atoms with Gasteiger partial charge in [0.25, 0.3) is 0 Å². The van der Waals surface area contributed by atoms with Gasteiger partial charge in [-0.2, -0.15) is 5.10 Å². The van der Waals surface area contributed by atoms with Gasteiger partial charge in [0.05, 0.1) is 23.5 Å². The smallest absolute Gasteiger partial charge is 0.115 e. The maximum atomic E-state index is 5.63. The van der Waals surface area contributed by atoms with E-state index in [-0.39, 0.29) is 6.04 Å². The summed E-state index contributed by atoms with van der Waals surface area (Å²) in [5.41, 5.74) is 4.68. The van der Waals surface area contributed by atoms with Crippen molar-refractivity contribution in [3.8, 4) is 0 Å². The molecule has 0 aliphatic heterocycles. The number of hydrogen-bond acceptors (Lipinski definition) is 5. The maximum Gasteiger partial charge on any atom is 0.115 e. The number of rotatable bonds is 7. The molecule has 0 aliphatic carbocycles. The highest BCUT2D eigenvalue weighted by Crippen LogP contribution is 2.17. The van der Waals surface area contributed by atoms with Gasteiger partial charge in [-0.05, 0) is 25.0 Å². The summed E-state index contributed by atoms with van der Waals surface area (Å²) in [5, 5.41) is 4.64. The Morgan fingerprint density at radius 1 is 1.30 bits per heavy atom. The third kappa shape index (κ3) is 3.40. The zero-order valence-electron chi connectivity index (χ0n) is 12.0. The molecule has 2 aromatic rings. The monoisotopic (exact) mass is 274 g/mol. The summed E-state index contributed by atoms with van der Waals surface area (Å²) < 4.78 is 2.04. The molecule has 2 rings (SSSR count). The fraction of sp³-hybridized carbons (Fsp3) is 0.500. The number of hydrogen-bond donors (Lipinski definition) is 2. The van der Waals surface area contributed by atoms with Crippen LogP contribution in [0, 0.1) is 0 Å². The average Bonchev–Trinajstić information content (AvgIpc) is 2.95. The number of nitrogens with zero attached hydrogens (tertiary/aromatic N) is 4. The summed E-state index contributed by atoms with van der Waals surface area (Å²) >= 11 is 0. The molecule has 20 heavy (non-hydrogen) atoms. The van der Waals surface area contributed by atoms with Crippen LogP contribution >= 0.6 is 0 Å². The van der Waals surface area contributed by atoms with E-state index in [9.17, 15) is 0 Å². The van der Waals surface area contributed by atoms with Gasteiger partial charge in [-0.1, -0.05) is 13.8 Å². The van der Waals surface area contributed by atoms with E-state index < -0.39 is 0 Å². The van der Waals surface area contributed by atoms with Gasteiger partial charge in [0.2, 0.25) is 0 Å². The fourth-order valence-corrected chi connectivity index (χ4v) is 2.32. The van der Waals surface area contributed by atoms with E-state index in [0.29, 0.717) is 12.5 Å². The van der Waals surface area contributed by atoms with E-state index in [1.807, 2.05) is 23.0 Å². The molecular weight excluding hydrogens is 252 g/mol. The normalized spacial score (nSPS) is 12.8. The molecular formula is C14H22N6. The van der Waals surface area contributed by atoms with Crippen LogP contribution in [0.1, 0.15) is 50.2 Å². The Morgan fingerprint density at radius 2 is 2.10 bits per heavy atom. The second-order valence-electron chi connectivity index (χ2n) is 4.82. The van der Waals surface area contributed by atoms with E-state index >= 15 is 0 Å². The van der Waals surface area contributed by atoms with Crippen LogP contribution in [0.2, 0.25) is 0 Å². The van der Waals surface area contributed by atoms with E-state index in [1.54, 1.807) is 6.20 Å². The molecule has 0 radical (unpaired) electrons. The highest BCUT2D eigenvalue weighted by molar-refractivity contribution is 5.10. The van der Waals surface area contributed by atoms with Crippen LogP contribution < -0.4 is 11.3 Å². The summed E-state index contributed by atoms with van der Waals surface area (Å²) in [6.07, 6.45) is 8.17. The van der Waals surface area contributed by atoms with Crippen molar-refractivity contribution in [3.05, 3.63) is 42.2 Å². The molecule has 1 unspecified atom stereocenters. The molecule has 6 nitrogen and oxygen atoms in total. The van der Waals surface area contributed by atoms with Gasteiger partial charge in [-0.3, -0.25) is 16.0 Å². The van der Waals surface area contributed by atoms with Crippen molar-refractivity contribution in [2.45, 2.75) is 45.2 Å². The van der Waals surface area contributed by atoms with Crippen LogP contribution in [0.5, 0.6) is 0 Å². The highest BCUT2D eigenvalue weighted by atomic mass is 15.3. The van der Waals surface area contributed by atoms with Crippen molar-refractivity contribution in [1.29, 1.82) is 0 Å². The highest BCUT2D eigenvalue weighted by Gasteiger charge is 2.15. The summed E-state index contributed by atoms with van der Waals surface area (Å²) in [6.45, 7) is 4.36. The largest absolute Gasteiger partial charge is 0.271 e. The van der Waals surface area contributed by atoms with Gasteiger partial charge < -0.3 is 0 Å². The molecule has 6 heteroatoms. The minimum absolute atomic E-state index is 0.0527. The summed E-state index contributed by atoms with van der Waals surface area (Å²) in [4.78, 5) is 8.15. The quantitative estimate of drug-likeness (QED) is 0.594. The molecule has 108 valence electrons. The second kappa shape index (κ2) is 7.12. The third-order valence-electron chi connectivity index (χ3n) is 3.56. The Kier molecular flexibility index (Phi) is 5.20. The van der Waals surface area contributed by atoms with Gasteiger partial charge in [-0.25, -0.2) is 9.97 Å². The molecule has 0 spiro atoms. The molecule has 2 aromatic heterocycles. The molecule has 0 bridgehead atoms. The van der Waals surface area contributed by atoms with Crippen LogP contribution in [0.15, 0.2) is 30.9 Å². The summed E-state index contributed by atoms with van der Waals surface area (Å²) in [5.74, 6) is 5.63. The molecule has 0 saturated carbocycles. The average molecular weight is 274 g/mol. The molecule has 0 aliphatic rings. The van der Waals surface area contributed by atoms with Crippen molar-refractivity contribution in [2.24, 2.45) is 5.84 Å². The lowest BCUT2D eigenvalue weighted by atomic mass is 10.1. The topological polar surface area (TPSA) is 81.7 Å². The Bertz CT molecular complexity index is 505. The Labute approximate surface area is 119 Å². The van der Waals surface area contributed by atoms with E-state index in [0.717, 1.165) is 24.2 Å². The van der Waals surface area contributed by atoms with Gasteiger partial charge in [0.1, 0.15) is 6.33 Å². The Morgan fingerprint density at radius 3 is 2.70 bits per heavy atom. The second-order valence-corrected chi connectivity index (χ2v) is 4.82. The first kappa shape index (κ1) is 14.6. The lowest BCUT2D eigenvalue weighted by Gasteiger charge is -2.14. The number of nitrogens with one attached hydrogen (secondary N) is 1. The third-order valence-corrected chi connectivity index (χ3v) is 3.56. The molecule has 3 N–H and O–H groups in total. The van der Waals surface area contributed by atoms with Gasteiger partial charge >= 0.3 is 0 Å². The van der Waals surface area contributed by atoms with Gasteiger partial charge in [0.15, 0.2) is 0 Å². The first-order valence-electron chi connectivity index (χ1n) is 7.04. The lowest BCUT2D eigenvalue weighted by molar-refractivity contribution is 0.422. The summed E-state index contributed by atoms with van der Waals surface area (Å²) in [6, 6.07) is 4.32. The zero-order valence-corrected chi connectivity index (χ0v) is 12.0. The van der Waals surface area contributed by atoms with Crippen molar-refractivity contribution in [2.75, 3.05) is 0 Å². The van der Waals surface area contributed by atoms with E-state index in [1.165, 1.54) is 6.33 Å². The zero-order chi connectivity index (χ0) is 14.4. The van der Waals surface area contributed by atoms with Crippen LogP contribution in [-0.2, 0) is 6.42 Å². The standard InChI is InChI=1S/C14H22N6/c1-3-12(4-2)20-8-6-11(19-20)9-14(18-15)13-5-7-16-10-17-13/h5-8,10,12,14,18H,3-4,9,15H2,1-2H3. The lowest BCUT2D eigenvalue weighted by Crippen LogP contribution is -2.30. The Hall–Kier alpha value is -1.79. The van der Waals surface area contributed by atoms with Crippen molar-refractivity contribution in [1.82, 2.24) is 25.2 Å². The first-order valence-corrected chi connectivity index (χ1v) is 7.04. The number of aromatic nitrogens is 4. The van der Waals surface area contributed by atoms with Crippen LogP contribution in [0.4, 0.5) is 0 Å². The van der Waals surface area contributed by atoms with E-state index in [4.69, 9.17) is 5.84 Å². The number of nitrogens with two attached hydrogens (primary N) is 1. The van der Waals surface area contributed by atoms with Crippen LogP contribution in [0.25, 0.3) is 0 Å². The van der Waals surface area contributed by atoms with Gasteiger partial charge in [0, 0.05) is 18.8 Å². The fourth-order valence-electron chi connectivity index (χ4n) is 2.32. The molecule has 1 atom stereocenters. The molecule has 0 saturated heterocycles. The summed E-state index contributed by atoms with van der Waals surface area (Å²) in [7, 11) is 0. The SMILES string of the molecule is CCC(CC)n1ccc(CC(NN)c2ccncn2)n1. The number of hydrazine groups is 1. The molecule has 0 aromatic carbocycles. The predicted octanol–water partition coefficient (Wildman–Crippen LogP) is 1.78. The van der Waals surface area contributed by atoms with Crippen molar-refractivity contribution >= 4 is 0 Å². The minimum atomic E-state index is -0.0527. The predicted molar refractivity (Wildman–Crippen MR) is 77.6 cm³/mol. The van der Waals surface area contributed by atoms with Crippen LogP contribution in [0.3, 0.4) is 0 Å². The van der Waals surface area contributed by atoms with Crippen molar-refractivity contribution < 1.29 is 0 Å². The maximum absolute atomic E-state index is 5.63. The van der Waals surface area contributed by atoms with E-state index in [2.05, 4.69) is 34.3 Å². The minimum Gasteiger partial charge on any atom is -0.271 e. The van der Waals surface area contributed by atoms with Crippen LogP contribution in [-0.4, -0.2) is 19.7 Å². The molecule has 2 heterocycles. The molecule has 0 fully saturated rings.